The van der Waals surface area contributed by atoms with Crippen LogP contribution >= 0.6 is 0 Å². The first-order chi connectivity index (χ1) is 9.44. The first-order valence-corrected chi connectivity index (χ1v) is 7.22. The van der Waals surface area contributed by atoms with Crippen molar-refractivity contribution < 1.29 is 19.1 Å². The average Bonchev–Trinajstić information content (AvgIpc) is 2.37. The Labute approximate surface area is 122 Å². The second kappa shape index (κ2) is 9.41. The van der Waals surface area contributed by atoms with Crippen LogP contribution in [-0.4, -0.2) is 25.2 Å². The molecule has 0 radical (unpaired) electrons. The fourth-order valence-corrected chi connectivity index (χ4v) is 2.28. The number of ether oxygens (including phenoxy) is 2. The van der Waals surface area contributed by atoms with Gasteiger partial charge in [-0.2, -0.15) is 0 Å². The van der Waals surface area contributed by atoms with Gasteiger partial charge in [0.25, 0.3) is 0 Å². The highest BCUT2D eigenvalue weighted by Gasteiger charge is 2.48. The molecular formula is C16H26O4. The number of carbonyl (C=O) groups excluding carboxylic acids is 2. The van der Waals surface area contributed by atoms with Gasteiger partial charge in [0.1, 0.15) is 0 Å². The van der Waals surface area contributed by atoms with Gasteiger partial charge in [-0.05, 0) is 39.0 Å². The smallest absolute Gasteiger partial charge is 0.323 e. The first kappa shape index (κ1) is 18.5. The second-order valence-electron chi connectivity index (χ2n) is 5.18. The van der Waals surface area contributed by atoms with Crippen LogP contribution in [-0.2, 0) is 19.1 Å². The molecule has 0 bridgehead atoms. The van der Waals surface area contributed by atoms with Gasteiger partial charge in [-0.3, -0.25) is 9.59 Å². The molecule has 0 aliphatic rings. The minimum absolute atomic E-state index is 0.176. The van der Waals surface area contributed by atoms with Crippen molar-refractivity contribution >= 4 is 11.9 Å². The van der Waals surface area contributed by atoms with Gasteiger partial charge in [0.15, 0.2) is 5.41 Å². The molecule has 0 unspecified atom stereocenters. The second-order valence-corrected chi connectivity index (χ2v) is 5.18. The van der Waals surface area contributed by atoms with Gasteiger partial charge in [0.2, 0.25) is 0 Å². The van der Waals surface area contributed by atoms with Crippen LogP contribution < -0.4 is 0 Å². The van der Waals surface area contributed by atoms with Crippen LogP contribution in [0.5, 0.6) is 0 Å². The summed E-state index contributed by atoms with van der Waals surface area (Å²) in [5.41, 5.74) is -1.23. The zero-order valence-electron chi connectivity index (χ0n) is 13.0. The van der Waals surface area contributed by atoms with E-state index in [0.717, 1.165) is 0 Å². The maximum Gasteiger partial charge on any atom is 0.323 e. The van der Waals surface area contributed by atoms with Gasteiger partial charge in [0.05, 0.1) is 13.2 Å². The number of hydrogen-bond donors (Lipinski definition) is 0. The fraction of sp³-hybridized carbons (Fsp3) is 0.750. The standard InChI is InChI=1S/C16H26O4/c1-6-9-10-11-16(12-13(4)5,14(17)19-7-2)15(18)20-8-3/h1,13H,7-12H2,2-5H3. The van der Waals surface area contributed by atoms with Crippen LogP contribution in [0.1, 0.15) is 53.4 Å². The molecule has 0 aliphatic carbocycles. The molecule has 0 saturated heterocycles. The molecule has 4 nitrogen and oxygen atoms in total. The zero-order chi connectivity index (χ0) is 15.6. The largest absolute Gasteiger partial charge is 0.465 e. The van der Waals surface area contributed by atoms with Crippen LogP contribution in [0.3, 0.4) is 0 Å². The number of unbranched alkanes of at least 4 members (excludes halogenated alkanes) is 1. The number of hydrogen-bond acceptors (Lipinski definition) is 4. The number of rotatable bonds is 9. The summed E-state index contributed by atoms with van der Waals surface area (Å²) in [5.74, 6) is 1.71. The van der Waals surface area contributed by atoms with Gasteiger partial charge in [0, 0.05) is 6.42 Å². The van der Waals surface area contributed by atoms with E-state index in [1.807, 2.05) is 13.8 Å². The van der Waals surface area contributed by atoms with Gasteiger partial charge in [-0.25, -0.2) is 0 Å². The molecule has 0 aromatic carbocycles. The molecule has 0 amide bonds. The lowest BCUT2D eigenvalue weighted by Gasteiger charge is -2.30. The van der Waals surface area contributed by atoms with Crippen molar-refractivity contribution in [1.29, 1.82) is 0 Å². The van der Waals surface area contributed by atoms with E-state index in [1.165, 1.54) is 0 Å². The summed E-state index contributed by atoms with van der Waals surface area (Å²) in [4.78, 5) is 24.7. The summed E-state index contributed by atoms with van der Waals surface area (Å²) in [7, 11) is 0. The summed E-state index contributed by atoms with van der Waals surface area (Å²) in [6, 6.07) is 0. The summed E-state index contributed by atoms with van der Waals surface area (Å²) < 4.78 is 10.2. The highest BCUT2D eigenvalue weighted by molar-refractivity contribution is 6.00. The summed E-state index contributed by atoms with van der Waals surface area (Å²) >= 11 is 0. The Morgan fingerprint density at radius 2 is 1.65 bits per heavy atom. The molecule has 0 fully saturated rings. The first-order valence-electron chi connectivity index (χ1n) is 7.22. The molecule has 0 spiro atoms. The van der Waals surface area contributed by atoms with Crippen molar-refractivity contribution in [2.45, 2.75) is 53.4 Å². The summed E-state index contributed by atoms with van der Waals surface area (Å²) in [5, 5.41) is 0. The normalized spacial score (nSPS) is 11.0. The van der Waals surface area contributed by atoms with Crippen LogP contribution in [0, 0.1) is 23.7 Å². The van der Waals surface area contributed by atoms with Gasteiger partial charge in [-0.15, -0.1) is 12.3 Å². The predicted octanol–water partition coefficient (Wildman–Crippen LogP) is 2.95. The van der Waals surface area contributed by atoms with Gasteiger partial charge >= 0.3 is 11.9 Å². The van der Waals surface area contributed by atoms with Crippen LogP contribution in [0.15, 0.2) is 0 Å². The molecule has 0 rings (SSSR count). The van der Waals surface area contributed by atoms with E-state index >= 15 is 0 Å². The topological polar surface area (TPSA) is 52.6 Å². The Kier molecular flexibility index (Phi) is 8.71. The maximum atomic E-state index is 12.3. The Morgan fingerprint density at radius 3 is 2.00 bits per heavy atom. The van der Waals surface area contributed by atoms with Crippen molar-refractivity contribution in [3.63, 3.8) is 0 Å². The maximum absolute atomic E-state index is 12.3. The van der Waals surface area contributed by atoms with Crippen LogP contribution in [0.4, 0.5) is 0 Å². The van der Waals surface area contributed by atoms with E-state index < -0.39 is 17.4 Å². The third-order valence-electron chi connectivity index (χ3n) is 3.01. The molecule has 0 aromatic rings. The summed E-state index contributed by atoms with van der Waals surface area (Å²) in [6.07, 6.45) is 7.15. The van der Waals surface area contributed by atoms with E-state index in [9.17, 15) is 9.59 Å². The quantitative estimate of drug-likeness (QED) is 0.282. The molecule has 0 heterocycles. The van der Waals surface area contributed by atoms with Gasteiger partial charge < -0.3 is 9.47 Å². The lowest BCUT2D eigenvalue weighted by atomic mass is 9.76. The minimum Gasteiger partial charge on any atom is -0.465 e. The summed E-state index contributed by atoms with van der Waals surface area (Å²) in [6.45, 7) is 7.87. The molecule has 4 heteroatoms. The Morgan fingerprint density at radius 1 is 1.15 bits per heavy atom. The van der Waals surface area contributed by atoms with E-state index in [-0.39, 0.29) is 19.1 Å². The zero-order valence-corrected chi connectivity index (χ0v) is 13.0. The monoisotopic (exact) mass is 282 g/mol. The minimum atomic E-state index is -1.23. The van der Waals surface area contributed by atoms with Crippen LogP contribution in [0.25, 0.3) is 0 Å². The molecule has 0 aliphatic heterocycles. The highest BCUT2D eigenvalue weighted by Crippen LogP contribution is 2.35. The number of esters is 2. The fourth-order valence-electron chi connectivity index (χ4n) is 2.28. The molecule has 114 valence electrons. The van der Waals surface area contributed by atoms with E-state index in [2.05, 4.69) is 5.92 Å². The van der Waals surface area contributed by atoms with Crippen molar-refractivity contribution in [3.05, 3.63) is 0 Å². The SMILES string of the molecule is C#CCCCC(CC(C)C)(C(=O)OCC)C(=O)OCC. The number of carbonyl (C=O) groups is 2. The van der Waals surface area contributed by atoms with E-state index in [1.54, 1.807) is 13.8 Å². The van der Waals surface area contributed by atoms with Crippen molar-refractivity contribution in [3.8, 4) is 12.3 Å². The molecule has 0 saturated carbocycles. The molecule has 0 atom stereocenters. The average molecular weight is 282 g/mol. The van der Waals surface area contributed by atoms with Crippen molar-refractivity contribution in [2.75, 3.05) is 13.2 Å². The Hall–Kier alpha value is -1.50. The lowest BCUT2D eigenvalue weighted by molar-refractivity contribution is -0.174. The van der Waals surface area contributed by atoms with Crippen molar-refractivity contribution in [2.24, 2.45) is 11.3 Å². The van der Waals surface area contributed by atoms with E-state index in [4.69, 9.17) is 15.9 Å². The van der Waals surface area contributed by atoms with E-state index in [0.29, 0.717) is 25.7 Å². The predicted molar refractivity (Wildman–Crippen MR) is 77.8 cm³/mol. The third-order valence-corrected chi connectivity index (χ3v) is 3.01. The highest BCUT2D eigenvalue weighted by atomic mass is 16.6. The van der Waals surface area contributed by atoms with Crippen LogP contribution in [0.2, 0.25) is 0 Å². The Bertz CT molecular complexity index is 334. The molecule has 0 N–H and O–H groups in total. The lowest BCUT2D eigenvalue weighted by Crippen LogP contribution is -2.43. The third kappa shape index (κ3) is 5.24. The number of terminal acetylenes is 1. The van der Waals surface area contributed by atoms with Crippen molar-refractivity contribution in [1.82, 2.24) is 0 Å². The molecule has 0 aromatic heterocycles. The molecule has 20 heavy (non-hydrogen) atoms. The Balaban J connectivity index is 5.32. The van der Waals surface area contributed by atoms with Gasteiger partial charge in [-0.1, -0.05) is 13.8 Å². The molecular weight excluding hydrogens is 256 g/mol.